The molecule has 1 saturated heterocycles. The number of benzene rings is 1. The van der Waals surface area contributed by atoms with E-state index in [2.05, 4.69) is 25.5 Å². The van der Waals surface area contributed by atoms with Crippen molar-refractivity contribution >= 4 is 11.8 Å². The molecule has 1 aromatic carbocycles. The number of rotatable bonds is 5. The molecule has 2 aromatic heterocycles. The largest absolute Gasteiger partial charge is 0.481 e. The van der Waals surface area contributed by atoms with Gasteiger partial charge in [-0.2, -0.15) is 5.10 Å². The molecule has 2 N–H and O–H groups in total. The van der Waals surface area contributed by atoms with Gasteiger partial charge in [-0.3, -0.25) is 14.7 Å². The van der Waals surface area contributed by atoms with Crippen molar-refractivity contribution < 1.29 is 14.3 Å². The van der Waals surface area contributed by atoms with Gasteiger partial charge in [0, 0.05) is 37.3 Å². The minimum absolute atomic E-state index is 0.137. The van der Waals surface area contributed by atoms with Crippen molar-refractivity contribution in [3.63, 3.8) is 0 Å². The third-order valence-corrected chi connectivity index (χ3v) is 5.01. The van der Waals surface area contributed by atoms with Crippen LogP contribution in [0.15, 0.2) is 48.7 Å². The molecule has 4 rings (SSSR count). The zero-order chi connectivity index (χ0) is 21.1. The SMILES string of the molecule is COc1ccc(C(=O)N2C[C@@H](NC(C)=O)C[C@H]2c2nc(-c3ccccc3)n[nH]2)cn1. The number of methoxy groups -OCH3 is 1. The van der Waals surface area contributed by atoms with Gasteiger partial charge in [0.2, 0.25) is 11.8 Å². The molecule has 0 aliphatic carbocycles. The van der Waals surface area contributed by atoms with E-state index in [1.165, 1.54) is 20.2 Å². The van der Waals surface area contributed by atoms with Crippen LogP contribution in [0.4, 0.5) is 0 Å². The summed E-state index contributed by atoms with van der Waals surface area (Å²) < 4.78 is 5.06. The smallest absolute Gasteiger partial charge is 0.256 e. The number of ether oxygens (including phenoxy) is 1. The molecule has 154 valence electrons. The molecule has 0 unspecified atom stereocenters. The molecular weight excluding hydrogens is 384 g/mol. The Kier molecular flexibility index (Phi) is 5.42. The lowest BCUT2D eigenvalue weighted by Gasteiger charge is -2.22. The predicted octanol–water partition coefficient (Wildman–Crippen LogP) is 1.97. The van der Waals surface area contributed by atoms with E-state index < -0.39 is 0 Å². The molecule has 2 amide bonds. The highest BCUT2D eigenvalue weighted by Crippen LogP contribution is 2.32. The Balaban J connectivity index is 1.62. The van der Waals surface area contributed by atoms with E-state index in [4.69, 9.17) is 4.74 Å². The Morgan fingerprint density at radius 1 is 1.20 bits per heavy atom. The first-order valence-corrected chi connectivity index (χ1v) is 9.61. The Bertz CT molecular complexity index is 1030. The molecule has 30 heavy (non-hydrogen) atoms. The Morgan fingerprint density at radius 2 is 2.00 bits per heavy atom. The Morgan fingerprint density at radius 3 is 2.67 bits per heavy atom. The normalized spacial score (nSPS) is 18.3. The van der Waals surface area contributed by atoms with Crippen LogP contribution in [0.25, 0.3) is 11.4 Å². The number of carbonyl (C=O) groups is 2. The molecule has 0 saturated carbocycles. The highest BCUT2D eigenvalue weighted by atomic mass is 16.5. The van der Waals surface area contributed by atoms with Crippen LogP contribution in [0.5, 0.6) is 5.88 Å². The van der Waals surface area contributed by atoms with Crippen LogP contribution in [0.1, 0.15) is 35.6 Å². The lowest BCUT2D eigenvalue weighted by Crippen LogP contribution is -2.37. The first kappa shape index (κ1) is 19.6. The van der Waals surface area contributed by atoms with E-state index in [-0.39, 0.29) is 23.9 Å². The standard InChI is InChI=1S/C21H22N6O3/c1-13(28)23-16-10-17(20-24-19(25-26-20)14-6-4-3-5-7-14)27(12-16)21(29)15-8-9-18(30-2)22-11-15/h3-9,11,16-17H,10,12H2,1-2H3,(H,23,28)(H,24,25,26)/t16-,17-/m0/s1. The van der Waals surface area contributed by atoms with Gasteiger partial charge in [-0.1, -0.05) is 30.3 Å². The summed E-state index contributed by atoms with van der Waals surface area (Å²) in [7, 11) is 1.52. The molecule has 0 radical (unpaired) electrons. The van der Waals surface area contributed by atoms with Gasteiger partial charge in [-0.25, -0.2) is 9.97 Å². The molecule has 2 atom stereocenters. The lowest BCUT2D eigenvalue weighted by molar-refractivity contribution is -0.119. The van der Waals surface area contributed by atoms with E-state index in [1.807, 2.05) is 30.3 Å². The summed E-state index contributed by atoms with van der Waals surface area (Å²) in [6.07, 6.45) is 2.03. The van der Waals surface area contributed by atoms with Gasteiger partial charge in [0.15, 0.2) is 5.82 Å². The number of H-pyrrole nitrogens is 1. The molecule has 1 aliphatic rings. The van der Waals surface area contributed by atoms with Crippen molar-refractivity contribution in [3.05, 3.63) is 60.0 Å². The highest BCUT2D eigenvalue weighted by Gasteiger charge is 2.39. The van der Waals surface area contributed by atoms with Crippen LogP contribution < -0.4 is 10.1 Å². The fourth-order valence-corrected chi connectivity index (χ4v) is 3.64. The minimum atomic E-state index is -0.346. The number of carbonyl (C=O) groups excluding carboxylic acids is 2. The second kappa shape index (κ2) is 8.32. The molecule has 0 bridgehead atoms. The van der Waals surface area contributed by atoms with Crippen molar-refractivity contribution in [2.45, 2.75) is 25.4 Å². The molecular formula is C21H22N6O3. The van der Waals surface area contributed by atoms with Gasteiger partial charge in [0.1, 0.15) is 5.82 Å². The maximum Gasteiger partial charge on any atom is 0.256 e. The number of amides is 2. The number of nitrogens with one attached hydrogen (secondary N) is 2. The molecule has 9 heteroatoms. The summed E-state index contributed by atoms with van der Waals surface area (Å²) in [6, 6.07) is 12.4. The van der Waals surface area contributed by atoms with E-state index in [0.717, 1.165) is 5.56 Å². The van der Waals surface area contributed by atoms with E-state index in [1.54, 1.807) is 17.0 Å². The third kappa shape index (κ3) is 4.00. The zero-order valence-corrected chi connectivity index (χ0v) is 16.7. The number of likely N-dealkylation sites (tertiary alicyclic amines) is 1. The molecule has 3 heterocycles. The molecule has 3 aromatic rings. The monoisotopic (exact) mass is 406 g/mol. The zero-order valence-electron chi connectivity index (χ0n) is 16.7. The first-order chi connectivity index (χ1) is 14.5. The van der Waals surface area contributed by atoms with Gasteiger partial charge in [0.05, 0.1) is 18.7 Å². The van der Waals surface area contributed by atoms with Crippen molar-refractivity contribution in [2.75, 3.05) is 13.7 Å². The van der Waals surface area contributed by atoms with Crippen LogP contribution in [0, 0.1) is 0 Å². The fourth-order valence-electron chi connectivity index (χ4n) is 3.64. The van der Waals surface area contributed by atoms with Crippen molar-refractivity contribution in [3.8, 4) is 17.3 Å². The average Bonchev–Trinajstić information content (AvgIpc) is 3.41. The topological polar surface area (TPSA) is 113 Å². The van der Waals surface area contributed by atoms with Gasteiger partial charge < -0.3 is 15.0 Å². The lowest BCUT2D eigenvalue weighted by atomic mass is 10.1. The number of hydrogen-bond acceptors (Lipinski definition) is 6. The molecule has 9 nitrogen and oxygen atoms in total. The van der Waals surface area contributed by atoms with Crippen molar-refractivity contribution in [2.24, 2.45) is 0 Å². The number of aromatic amines is 1. The molecule has 1 aliphatic heterocycles. The van der Waals surface area contributed by atoms with E-state index in [9.17, 15) is 9.59 Å². The van der Waals surface area contributed by atoms with Crippen LogP contribution in [0.2, 0.25) is 0 Å². The van der Waals surface area contributed by atoms with Gasteiger partial charge in [0.25, 0.3) is 5.91 Å². The van der Waals surface area contributed by atoms with Crippen molar-refractivity contribution in [1.82, 2.24) is 30.4 Å². The molecule has 1 fully saturated rings. The van der Waals surface area contributed by atoms with Gasteiger partial charge >= 0.3 is 0 Å². The molecule has 0 spiro atoms. The van der Waals surface area contributed by atoms with Gasteiger partial charge in [-0.15, -0.1) is 0 Å². The number of pyridine rings is 1. The van der Waals surface area contributed by atoms with Crippen LogP contribution in [-0.4, -0.2) is 56.6 Å². The second-order valence-electron chi connectivity index (χ2n) is 7.11. The second-order valence-corrected chi connectivity index (χ2v) is 7.11. The number of aromatic nitrogens is 4. The van der Waals surface area contributed by atoms with Crippen LogP contribution in [0.3, 0.4) is 0 Å². The maximum absolute atomic E-state index is 13.2. The predicted molar refractivity (Wildman–Crippen MR) is 109 cm³/mol. The van der Waals surface area contributed by atoms with E-state index in [0.29, 0.717) is 36.1 Å². The third-order valence-electron chi connectivity index (χ3n) is 5.01. The first-order valence-electron chi connectivity index (χ1n) is 9.61. The highest BCUT2D eigenvalue weighted by molar-refractivity contribution is 5.94. The number of nitrogens with zero attached hydrogens (tertiary/aromatic N) is 4. The van der Waals surface area contributed by atoms with Gasteiger partial charge in [-0.05, 0) is 12.5 Å². The Labute approximate surface area is 173 Å². The minimum Gasteiger partial charge on any atom is -0.481 e. The van der Waals surface area contributed by atoms with Crippen LogP contribution in [-0.2, 0) is 4.79 Å². The summed E-state index contributed by atoms with van der Waals surface area (Å²) in [6.45, 7) is 1.84. The summed E-state index contributed by atoms with van der Waals surface area (Å²) in [5.74, 6) is 1.24. The van der Waals surface area contributed by atoms with Crippen molar-refractivity contribution in [1.29, 1.82) is 0 Å². The quantitative estimate of drug-likeness (QED) is 0.670. The van der Waals surface area contributed by atoms with Crippen LogP contribution >= 0.6 is 0 Å². The Hall–Kier alpha value is -3.75. The fraction of sp³-hybridized carbons (Fsp3) is 0.286. The summed E-state index contributed by atoms with van der Waals surface area (Å²) in [5.41, 5.74) is 1.32. The maximum atomic E-state index is 13.2. The average molecular weight is 406 g/mol. The summed E-state index contributed by atoms with van der Waals surface area (Å²) >= 11 is 0. The summed E-state index contributed by atoms with van der Waals surface area (Å²) in [5, 5.41) is 10.2. The van der Waals surface area contributed by atoms with E-state index >= 15 is 0 Å². The summed E-state index contributed by atoms with van der Waals surface area (Å²) in [4.78, 5) is 35.2. The number of hydrogen-bond donors (Lipinski definition) is 2.